The van der Waals surface area contributed by atoms with Crippen LogP contribution in [0, 0.1) is 0 Å². The fourth-order valence-electron chi connectivity index (χ4n) is 0.923. The molecule has 0 amide bonds. The molecule has 0 saturated heterocycles. The molecule has 1 aromatic rings. The average Bonchev–Trinajstić information content (AvgIpc) is 1.85. The predicted molar refractivity (Wildman–Crippen MR) is 41.9 cm³/mol. The van der Waals surface area contributed by atoms with Gasteiger partial charge in [-0.05, 0) is 0 Å². The first-order valence-electron chi connectivity index (χ1n) is 3.60. The van der Waals surface area contributed by atoms with E-state index in [2.05, 4.69) is 0 Å². The Morgan fingerprint density at radius 3 is 1.38 bits per heavy atom. The molecule has 7 heteroatoms. The minimum absolute atomic E-state index is 0. The Kier molecular flexibility index (Phi) is 2.73. The molecule has 0 atom stereocenters. The van der Waals surface area contributed by atoms with Gasteiger partial charge in [0, 0.05) is 0 Å². The number of rotatable bonds is 1. The first kappa shape index (κ1) is 13.0. The monoisotopic (exact) mass is 316 g/mol. The van der Waals surface area contributed by atoms with Crippen LogP contribution in [0.3, 0.4) is 0 Å². The third-order valence-corrected chi connectivity index (χ3v) is 5.84. The van der Waals surface area contributed by atoms with Crippen molar-refractivity contribution < 1.29 is 31.5 Å². The normalized spacial score (nSPS) is 13.9. The molecule has 0 saturated carbocycles. The third-order valence-electron chi connectivity index (χ3n) is 1.61. The molecule has 1 aromatic carbocycles. The summed E-state index contributed by atoms with van der Waals surface area (Å²) in [4.78, 5) is 0. The zero-order chi connectivity index (χ0) is 9.52. The van der Waals surface area contributed by atoms with Crippen molar-refractivity contribution >= 4 is 21.1 Å². The fourth-order valence-corrected chi connectivity index (χ4v) is 3.36. The van der Waals surface area contributed by atoms with E-state index in [4.69, 9.17) is 0 Å². The average molecular weight is 318 g/mol. The van der Waals surface area contributed by atoms with Crippen molar-refractivity contribution in [2.45, 2.75) is 0 Å². The van der Waals surface area contributed by atoms with Crippen molar-refractivity contribution in [3.05, 3.63) is 30.3 Å². The summed E-state index contributed by atoms with van der Waals surface area (Å²) in [5.74, 6) is 0. The van der Waals surface area contributed by atoms with Crippen molar-refractivity contribution in [1.29, 1.82) is 0 Å². The molecule has 0 bridgehead atoms. The summed E-state index contributed by atoms with van der Waals surface area (Å²) < 4.78 is 58.4. The van der Waals surface area contributed by atoms with Crippen LogP contribution in [-0.2, 0) is 14.9 Å². The van der Waals surface area contributed by atoms with Crippen LogP contribution in [-0.4, -0.2) is 0 Å². The third kappa shape index (κ3) is 3.69. The van der Waals surface area contributed by atoms with Gasteiger partial charge in [-0.1, -0.05) is 0 Å². The molecule has 0 aromatic heterocycles. The van der Waals surface area contributed by atoms with Crippen LogP contribution in [0.4, 0.5) is 16.6 Å². The van der Waals surface area contributed by atoms with Gasteiger partial charge < -0.3 is 0 Å². The molecule has 0 aliphatic carbocycles. The second-order valence-corrected chi connectivity index (χ2v) is 11.9. The van der Waals surface area contributed by atoms with Crippen LogP contribution in [0.5, 0.6) is 0 Å². The molecule has 0 nitrogen and oxygen atoms in total. The number of hydrogen-bond acceptors (Lipinski definition) is 0. The molecule has 1 rings (SSSR count). The van der Waals surface area contributed by atoms with E-state index < -0.39 is 19.1 Å². The molecule has 0 unspecified atom stereocenters. The standard InChI is InChI=1S/C6H5.BrH.5FH.Zn/c1-2-4-6-5-3-1;;;;;;;/h1-5H;6*1H;/q;;;;;;;+5/p-5. The zero-order valence-electron chi connectivity index (χ0n) is 6.39. The van der Waals surface area contributed by atoms with Crippen LogP contribution < -0.4 is 4.16 Å². The van der Waals surface area contributed by atoms with Crippen LogP contribution in [0.1, 0.15) is 0 Å². The predicted octanol–water partition coefficient (Wildman–Crippen LogP) is 3.54. The molecule has 0 radical (unpaired) electrons. The first-order valence-corrected chi connectivity index (χ1v) is 10.7. The van der Waals surface area contributed by atoms with Crippen molar-refractivity contribution in [3.63, 3.8) is 0 Å². The topological polar surface area (TPSA) is 0 Å². The van der Waals surface area contributed by atoms with E-state index >= 15 is 0 Å². The van der Waals surface area contributed by atoms with E-state index in [1.54, 1.807) is 0 Å². The van der Waals surface area contributed by atoms with Crippen molar-refractivity contribution in [1.82, 2.24) is 0 Å². The maximum atomic E-state index is 12.0. The van der Waals surface area contributed by atoms with Gasteiger partial charge in [0.25, 0.3) is 0 Å². The number of halogens is 6. The number of hydrogen-bond donors (Lipinski definition) is 0. The molecule has 0 heterocycles. The Hall–Kier alpha value is -0.0266. The fraction of sp³-hybridized carbons (Fsp3) is 0. The summed E-state index contributed by atoms with van der Waals surface area (Å²) in [7, 11) is 0. The van der Waals surface area contributed by atoms with Gasteiger partial charge in [0.05, 0.1) is 0 Å². The van der Waals surface area contributed by atoms with Gasteiger partial charge in [-0.2, -0.15) is 0 Å². The summed E-state index contributed by atoms with van der Waals surface area (Å²) in [5.41, 5.74) is 0. The van der Waals surface area contributed by atoms with Gasteiger partial charge in [-0.3, -0.25) is 0 Å². The van der Waals surface area contributed by atoms with E-state index in [0.29, 0.717) is 12.1 Å². The zero-order valence-corrected chi connectivity index (χ0v) is 11.1. The van der Waals surface area contributed by atoms with Crippen LogP contribution in [0.2, 0.25) is 0 Å². The van der Waals surface area contributed by atoms with E-state index in [9.17, 15) is 16.6 Å². The molecule has 0 aliphatic rings. The van der Waals surface area contributed by atoms with Crippen LogP contribution >= 0.6 is 17.0 Å². The Morgan fingerprint density at radius 2 is 1.15 bits per heavy atom. The summed E-state index contributed by atoms with van der Waals surface area (Å²) >= 11 is -10.5. The van der Waals surface area contributed by atoms with E-state index in [0.717, 1.165) is 12.1 Å². The van der Waals surface area contributed by atoms with Gasteiger partial charge in [0.2, 0.25) is 0 Å². The minimum atomic E-state index is -10.5. The summed E-state index contributed by atoms with van der Waals surface area (Å²) in [6.45, 7) is 0. The molecule has 0 fully saturated rings. The molecule has 0 N–H and O–H groups in total. The van der Waals surface area contributed by atoms with E-state index in [1.807, 2.05) is 0 Å². The summed E-state index contributed by atoms with van der Waals surface area (Å²) in [5, 5.41) is 0. The van der Waals surface area contributed by atoms with Crippen molar-refractivity contribution in [2.24, 2.45) is 0 Å². The number of benzene rings is 1. The molecule has 0 spiro atoms. The molecule has 0 aliphatic heterocycles. The second kappa shape index (κ2) is 2.73. The maximum absolute atomic E-state index is 12.0. The van der Waals surface area contributed by atoms with Crippen LogP contribution in [0.25, 0.3) is 0 Å². The SMILES string of the molecule is Br.[F][Zn]([F])([F])([F])([F])[c]1ccccc1. The van der Waals surface area contributed by atoms with Gasteiger partial charge in [0.15, 0.2) is 0 Å². The van der Waals surface area contributed by atoms with Crippen molar-refractivity contribution in [2.75, 3.05) is 0 Å². The summed E-state index contributed by atoms with van der Waals surface area (Å²) in [6, 6.07) is 3.96. The quantitative estimate of drug-likeness (QED) is 0.549. The molecular formula is C6H6BrF5Zn. The molecule has 13 heavy (non-hydrogen) atoms. The van der Waals surface area contributed by atoms with Gasteiger partial charge in [-0.25, -0.2) is 0 Å². The molecular weight excluding hydrogens is 312 g/mol. The first-order chi connectivity index (χ1) is 5.09. The molecule has 74 valence electrons. The van der Waals surface area contributed by atoms with Gasteiger partial charge >= 0.3 is 66.0 Å². The Balaban J connectivity index is 0.00000144. The van der Waals surface area contributed by atoms with E-state index in [-0.39, 0.29) is 17.0 Å². The van der Waals surface area contributed by atoms with Gasteiger partial charge in [-0.15, -0.1) is 17.0 Å². The van der Waals surface area contributed by atoms with Gasteiger partial charge in [0.1, 0.15) is 0 Å². The Morgan fingerprint density at radius 1 is 0.769 bits per heavy atom. The Labute approximate surface area is 83.1 Å². The van der Waals surface area contributed by atoms with Crippen molar-refractivity contribution in [3.8, 4) is 0 Å². The van der Waals surface area contributed by atoms with Crippen LogP contribution in [0.15, 0.2) is 30.3 Å². The van der Waals surface area contributed by atoms with E-state index in [1.165, 1.54) is 6.07 Å². The Bertz CT molecular complexity index is 290. The second-order valence-electron chi connectivity index (χ2n) is 3.16. The summed E-state index contributed by atoms with van der Waals surface area (Å²) in [6.07, 6.45) is 0.